The average molecular weight is 446 g/mol. The highest BCUT2D eigenvalue weighted by atomic mass is 16.5. The summed E-state index contributed by atoms with van der Waals surface area (Å²) in [6.45, 7) is 7.61. The zero-order valence-electron chi connectivity index (χ0n) is 19.7. The molecular formula is C28H35N3O2. The van der Waals surface area contributed by atoms with Crippen molar-refractivity contribution in [3.05, 3.63) is 59.3 Å². The lowest BCUT2D eigenvalue weighted by atomic mass is 9.75. The lowest BCUT2D eigenvalue weighted by Gasteiger charge is -2.47. The summed E-state index contributed by atoms with van der Waals surface area (Å²) in [5.41, 5.74) is 2.24. The Kier molecular flexibility index (Phi) is 6.69. The van der Waals surface area contributed by atoms with E-state index in [4.69, 9.17) is 9.72 Å². The molecule has 1 aromatic heterocycles. The van der Waals surface area contributed by atoms with Crippen molar-refractivity contribution >= 4 is 5.82 Å². The van der Waals surface area contributed by atoms with Crippen LogP contribution in [0.2, 0.25) is 0 Å². The fraction of sp³-hybridized carbons (Fsp3) is 0.536. The predicted octanol–water partition coefficient (Wildman–Crippen LogP) is 3.49. The number of rotatable bonds is 5. The lowest BCUT2D eigenvalue weighted by molar-refractivity contribution is -0.0713. The van der Waals surface area contributed by atoms with Gasteiger partial charge in [-0.15, -0.1) is 0 Å². The fourth-order valence-electron chi connectivity index (χ4n) is 5.55. The SMILES string of the molecule is CCOC1CCN(c2ccc(C#CC3(O)CN4CCC3CC4)c(Cc3ccccc3)n2)CC1. The van der Waals surface area contributed by atoms with Crippen LogP contribution in [0.3, 0.4) is 0 Å². The maximum atomic E-state index is 11.3. The standard InChI is InChI=1S/C28H35N3O2/c1-2-33-25-13-18-31(19-14-25)27-9-8-23(26(29-27)20-22-6-4-3-5-7-22)10-15-28(32)21-30-16-11-24(28)12-17-30/h3-9,24-25,32H,2,11-14,16-21H2,1H3. The molecule has 4 aliphatic heterocycles. The highest BCUT2D eigenvalue weighted by molar-refractivity contribution is 5.49. The Hall–Kier alpha value is -2.39. The van der Waals surface area contributed by atoms with E-state index in [0.29, 0.717) is 12.6 Å². The van der Waals surface area contributed by atoms with Gasteiger partial charge >= 0.3 is 0 Å². The molecule has 2 aromatic rings. The minimum Gasteiger partial charge on any atom is -0.378 e. The molecule has 6 rings (SSSR count). The van der Waals surface area contributed by atoms with Crippen LogP contribution in [-0.4, -0.2) is 66.0 Å². The van der Waals surface area contributed by atoms with Crippen LogP contribution >= 0.6 is 0 Å². The average Bonchev–Trinajstić information content (AvgIpc) is 2.85. The summed E-state index contributed by atoms with van der Waals surface area (Å²) < 4.78 is 5.82. The van der Waals surface area contributed by atoms with Crippen LogP contribution in [0.5, 0.6) is 0 Å². The maximum Gasteiger partial charge on any atom is 0.141 e. The van der Waals surface area contributed by atoms with Gasteiger partial charge in [-0.3, -0.25) is 4.90 Å². The minimum atomic E-state index is -0.902. The molecule has 1 aromatic carbocycles. The van der Waals surface area contributed by atoms with E-state index in [0.717, 1.165) is 82.0 Å². The van der Waals surface area contributed by atoms with Crippen LogP contribution in [-0.2, 0) is 11.2 Å². The predicted molar refractivity (Wildman–Crippen MR) is 131 cm³/mol. The number of fused-ring (bicyclic) bond motifs is 3. The first-order valence-corrected chi connectivity index (χ1v) is 12.5. The molecule has 0 amide bonds. The third-order valence-electron chi connectivity index (χ3n) is 7.48. The topological polar surface area (TPSA) is 48.8 Å². The van der Waals surface area contributed by atoms with Gasteiger partial charge in [-0.05, 0) is 63.4 Å². The summed E-state index contributed by atoms with van der Waals surface area (Å²) >= 11 is 0. The Morgan fingerprint density at radius 2 is 1.79 bits per heavy atom. The van der Waals surface area contributed by atoms with Gasteiger partial charge in [0, 0.05) is 44.1 Å². The first-order valence-electron chi connectivity index (χ1n) is 12.5. The second-order valence-corrected chi connectivity index (χ2v) is 9.69. The number of ether oxygens (including phenoxy) is 1. The third kappa shape index (κ3) is 5.09. The van der Waals surface area contributed by atoms with Gasteiger partial charge in [-0.1, -0.05) is 42.2 Å². The number of aliphatic hydroxyl groups is 1. The number of aromatic nitrogens is 1. The number of piperidine rings is 4. The highest BCUT2D eigenvalue weighted by Crippen LogP contribution is 2.35. The molecule has 1 unspecified atom stereocenters. The van der Waals surface area contributed by atoms with Gasteiger partial charge in [0.1, 0.15) is 11.4 Å². The van der Waals surface area contributed by atoms with E-state index in [1.807, 2.05) is 6.07 Å². The molecule has 0 radical (unpaired) electrons. The van der Waals surface area contributed by atoms with Gasteiger partial charge in [0.15, 0.2) is 0 Å². The van der Waals surface area contributed by atoms with Crippen molar-refractivity contribution in [3.8, 4) is 11.8 Å². The van der Waals surface area contributed by atoms with Crippen molar-refractivity contribution in [1.82, 2.24) is 9.88 Å². The third-order valence-corrected chi connectivity index (χ3v) is 7.48. The molecule has 33 heavy (non-hydrogen) atoms. The largest absolute Gasteiger partial charge is 0.378 e. The Morgan fingerprint density at radius 3 is 2.45 bits per heavy atom. The van der Waals surface area contributed by atoms with Gasteiger partial charge < -0.3 is 14.7 Å². The number of hydrogen-bond acceptors (Lipinski definition) is 5. The Balaban J connectivity index is 1.40. The Bertz CT molecular complexity index is 999. The van der Waals surface area contributed by atoms with Gasteiger partial charge in [-0.25, -0.2) is 4.98 Å². The quantitative estimate of drug-likeness (QED) is 0.714. The lowest BCUT2D eigenvalue weighted by Crippen LogP contribution is -2.58. The van der Waals surface area contributed by atoms with Gasteiger partial charge in [0.25, 0.3) is 0 Å². The number of nitrogens with zero attached hydrogens (tertiary/aromatic N) is 3. The van der Waals surface area contributed by atoms with Crippen molar-refractivity contribution in [2.45, 2.75) is 50.7 Å². The zero-order valence-corrected chi connectivity index (χ0v) is 19.7. The van der Waals surface area contributed by atoms with Gasteiger partial charge in [0.05, 0.1) is 11.8 Å². The zero-order chi connectivity index (χ0) is 22.7. The van der Waals surface area contributed by atoms with Crippen molar-refractivity contribution in [3.63, 3.8) is 0 Å². The molecule has 4 saturated heterocycles. The second kappa shape index (κ2) is 9.85. The van der Waals surface area contributed by atoms with E-state index in [9.17, 15) is 5.11 Å². The van der Waals surface area contributed by atoms with Gasteiger partial charge in [0.2, 0.25) is 0 Å². The number of pyridine rings is 1. The van der Waals surface area contributed by atoms with Crippen molar-refractivity contribution < 1.29 is 9.84 Å². The molecular weight excluding hydrogens is 410 g/mol. The van der Waals surface area contributed by atoms with E-state index in [1.165, 1.54) is 5.56 Å². The molecule has 5 heterocycles. The Morgan fingerprint density at radius 1 is 1.03 bits per heavy atom. The first kappa shape index (κ1) is 22.4. The van der Waals surface area contributed by atoms with E-state index in [1.54, 1.807) is 0 Å². The van der Waals surface area contributed by atoms with E-state index in [2.05, 4.69) is 65.0 Å². The van der Waals surface area contributed by atoms with E-state index < -0.39 is 5.60 Å². The van der Waals surface area contributed by atoms with Crippen LogP contribution in [0, 0.1) is 17.8 Å². The molecule has 5 nitrogen and oxygen atoms in total. The molecule has 1 N–H and O–H groups in total. The first-order chi connectivity index (χ1) is 16.1. The highest BCUT2D eigenvalue weighted by Gasteiger charge is 2.44. The summed E-state index contributed by atoms with van der Waals surface area (Å²) in [5, 5.41) is 11.3. The van der Waals surface area contributed by atoms with Crippen LogP contribution < -0.4 is 4.90 Å². The van der Waals surface area contributed by atoms with E-state index >= 15 is 0 Å². The Labute approximate surface area is 197 Å². The second-order valence-electron chi connectivity index (χ2n) is 9.69. The monoisotopic (exact) mass is 445 g/mol. The number of anilines is 1. The van der Waals surface area contributed by atoms with Crippen LogP contribution in [0.4, 0.5) is 5.82 Å². The fourth-order valence-corrected chi connectivity index (χ4v) is 5.55. The smallest absolute Gasteiger partial charge is 0.141 e. The molecule has 4 fully saturated rings. The summed E-state index contributed by atoms with van der Waals surface area (Å²) in [5.74, 6) is 7.94. The summed E-state index contributed by atoms with van der Waals surface area (Å²) in [4.78, 5) is 9.79. The normalized spacial score (nSPS) is 27.3. The van der Waals surface area contributed by atoms with Gasteiger partial charge in [-0.2, -0.15) is 0 Å². The molecule has 0 aliphatic carbocycles. The van der Waals surface area contributed by atoms with Crippen molar-refractivity contribution in [2.24, 2.45) is 5.92 Å². The molecule has 0 spiro atoms. The van der Waals surface area contributed by atoms with Crippen LogP contribution in [0.1, 0.15) is 49.4 Å². The van der Waals surface area contributed by atoms with E-state index in [-0.39, 0.29) is 5.92 Å². The summed E-state index contributed by atoms with van der Waals surface area (Å²) in [6, 6.07) is 14.7. The van der Waals surface area contributed by atoms with Crippen LogP contribution in [0.25, 0.3) is 0 Å². The molecule has 1 atom stereocenters. The van der Waals surface area contributed by atoms with Crippen LogP contribution in [0.15, 0.2) is 42.5 Å². The molecule has 4 aliphatic rings. The molecule has 174 valence electrons. The maximum absolute atomic E-state index is 11.3. The molecule has 0 saturated carbocycles. The summed E-state index contributed by atoms with van der Waals surface area (Å²) in [6.07, 6.45) is 5.25. The number of hydrogen-bond donors (Lipinski definition) is 1. The molecule has 2 bridgehead atoms. The van der Waals surface area contributed by atoms with Crippen molar-refractivity contribution in [2.75, 3.05) is 44.2 Å². The minimum absolute atomic E-state index is 0.284. The summed E-state index contributed by atoms with van der Waals surface area (Å²) in [7, 11) is 0. The number of benzene rings is 1. The molecule has 5 heteroatoms. The van der Waals surface area contributed by atoms with Crippen molar-refractivity contribution in [1.29, 1.82) is 0 Å².